The number of hydrogen-bond donors (Lipinski definition) is 2. The number of aliphatic hydroxyl groups excluding tert-OH is 1. The normalized spacial score (nSPS) is 13.0. The second kappa shape index (κ2) is 10.7. The van der Waals surface area contributed by atoms with E-state index in [4.69, 9.17) is 16.3 Å². The number of rotatable bonds is 8. The van der Waals surface area contributed by atoms with Crippen LogP contribution in [-0.4, -0.2) is 24.4 Å². The zero-order valence-corrected chi connectivity index (χ0v) is 16.5. The minimum Gasteiger partial charge on any atom is -0.489 e. The summed E-state index contributed by atoms with van der Waals surface area (Å²) in [6.07, 6.45) is 0.444. The van der Waals surface area contributed by atoms with Gasteiger partial charge in [0.25, 0.3) is 0 Å². The van der Waals surface area contributed by atoms with E-state index in [0.29, 0.717) is 17.3 Å². The van der Waals surface area contributed by atoms with Crippen molar-refractivity contribution in [2.24, 2.45) is 0 Å². The first kappa shape index (κ1) is 21.8. The van der Waals surface area contributed by atoms with Crippen LogP contribution >= 0.6 is 24.0 Å². The summed E-state index contributed by atoms with van der Waals surface area (Å²) >= 11 is 6.12. The maximum atomic E-state index is 10.1. The van der Waals surface area contributed by atoms with E-state index in [1.807, 2.05) is 25.1 Å². The zero-order valence-electron chi connectivity index (χ0n) is 15.0. The fourth-order valence-electron chi connectivity index (χ4n) is 2.44. The molecule has 2 aromatic rings. The second-order valence-corrected chi connectivity index (χ2v) is 6.53. The number of nitrogens with one attached hydrogen (secondary N) is 1. The molecule has 0 heterocycles. The van der Waals surface area contributed by atoms with Crippen molar-refractivity contribution in [3.8, 4) is 5.75 Å². The van der Waals surface area contributed by atoms with Crippen molar-refractivity contribution >= 4 is 24.0 Å². The molecule has 3 nitrogen and oxygen atoms in total. The molecule has 2 atom stereocenters. The number of ether oxygens (including phenoxy) is 1. The van der Waals surface area contributed by atoms with E-state index in [1.54, 1.807) is 0 Å². The molecule has 0 radical (unpaired) electrons. The van der Waals surface area contributed by atoms with E-state index in [1.165, 1.54) is 11.1 Å². The molecule has 0 fully saturated rings. The number of hydrogen-bond acceptors (Lipinski definition) is 3. The third kappa shape index (κ3) is 6.87. The molecule has 0 saturated carbocycles. The highest BCUT2D eigenvalue weighted by atomic mass is 35.5. The Balaban J connectivity index is 0.00000312. The van der Waals surface area contributed by atoms with Gasteiger partial charge in [-0.3, -0.25) is 0 Å². The molecule has 0 aliphatic carbocycles. The third-order valence-electron chi connectivity index (χ3n) is 4.07. The molecule has 2 rings (SSSR count). The van der Waals surface area contributed by atoms with Gasteiger partial charge in [0, 0.05) is 12.6 Å². The van der Waals surface area contributed by atoms with Crippen LogP contribution in [0.15, 0.2) is 42.5 Å². The van der Waals surface area contributed by atoms with Gasteiger partial charge >= 0.3 is 0 Å². The Morgan fingerprint density at radius 2 is 1.84 bits per heavy atom. The molecule has 25 heavy (non-hydrogen) atoms. The van der Waals surface area contributed by atoms with Gasteiger partial charge in [0.2, 0.25) is 0 Å². The topological polar surface area (TPSA) is 41.5 Å². The van der Waals surface area contributed by atoms with Crippen LogP contribution < -0.4 is 10.1 Å². The van der Waals surface area contributed by atoms with Crippen molar-refractivity contribution in [2.45, 2.75) is 39.3 Å². The minimum absolute atomic E-state index is 0. The van der Waals surface area contributed by atoms with Crippen LogP contribution in [0.25, 0.3) is 0 Å². The van der Waals surface area contributed by atoms with Gasteiger partial charge in [-0.25, -0.2) is 0 Å². The molecule has 2 aromatic carbocycles. The van der Waals surface area contributed by atoms with Gasteiger partial charge in [0.05, 0.1) is 5.02 Å². The maximum absolute atomic E-state index is 10.1. The number of benzene rings is 2. The van der Waals surface area contributed by atoms with Crippen molar-refractivity contribution < 1.29 is 9.84 Å². The molecule has 2 unspecified atom stereocenters. The van der Waals surface area contributed by atoms with Crippen molar-refractivity contribution in [3.05, 3.63) is 64.2 Å². The lowest BCUT2D eigenvalue weighted by atomic mass is 10.0. The first-order valence-corrected chi connectivity index (χ1v) is 8.76. The van der Waals surface area contributed by atoms with Crippen LogP contribution in [0, 0.1) is 6.92 Å². The predicted octanol–water partition coefficient (Wildman–Crippen LogP) is 4.72. The highest BCUT2D eigenvalue weighted by molar-refractivity contribution is 6.32. The van der Waals surface area contributed by atoms with Crippen molar-refractivity contribution in [2.75, 3.05) is 13.2 Å². The predicted molar refractivity (Wildman–Crippen MR) is 107 cm³/mol. The second-order valence-electron chi connectivity index (χ2n) is 6.12. The van der Waals surface area contributed by atoms with Crippen LogP contribution in [0.5, 0.6) is 5.75 Å². The Morgan fingerprint density at radius 1 is 1.16 bits per heavy atom. The fraction of sp³-hybridized carbons (Fsp3) is 0.400. The fourth-order valence-corrected chi connectivity index (χ4v) is 2.73. The number of aliphatic hydroxyl groups is 1. The molecule has 2 N–H and O–H groups in total. The van der Waals surface area contributed by atoms with Gasteiger partial charge < -0.3 is 15.2 Å². The molecule has 0 bridgehead atoms. The molecule has 5 heteroatoms. The molecule has 0 aromatic heterocycles. The van der Waals surface area contributed by atoms with Crippen LogP contribution in [0.4, 0.5) is 0 Å². The summed E-state index contributed by atoms with van der Waals surface area (Å²) in [6.45, 7) is 6.87. The molecule has 0 spiro atoms. The van der Waals surface area contributed by atoms with Gasteiger partial charge in [0.1, 0.15) is 18.5 Å². The molecule has 0 amide bonds. The van der Waals surface area contributed by atoms with Gasteiger partial charge in [0.15, 0.2) is 0 Å². The summed E-state index contributed by atoms with van der Waals surface area (Å²) in [5.74, 6) is 0.601. The van der Waals surface area contributed by atoms with Crippen molar-refractivity contribution in [3.63, 3.8) is 0 Å². The summed E-state index contributed by atoms with van der Waals surface area (Å²) in [6, 6.07) is 14.3. The molecular formula is C20H27Cl2NO2. The SMILES string of the molecule is CCc1ccc(C(C)NCC(O)COc2ccc(C)cc2Cl)cc1.Cl. The minimum atomic E-state index is -0.597. The number of aryl methyl sites for hydroxylation is 2. The van der Waals surface area contributed by atoms with E-state index >= 15 is 0 Å². The van der Waals surface area contributed by atoms with E-state index < -0.39 is 6.10 Å². The van der Waals surface area contributed by atoms with Crippen LogP contribution in [0.3, 0.4) is 0 Å². The molecule has 0 saturated heterocycles. The summed E-state index contributed by atoms with van der Waals surface area (Å²) in [5.41, 5.74) is 3.62. The smallest absolute Gasteiger partial charge is 0.138 e. The van der Waals surface area contributed by atoms with E-state index in [9.17, 15) is 5.11 Å². The van der Waals surface area contributed by atoms with E-state index in [0.717, 1.165) is 12.0 Å². The van der Waals surface area contributed by atoms with Gasteiger partial charge in [-0.1, -0.05) is 48.9 Å². The first-order valence-electron chi connectivity index (χ1n) is 8.38. The number of halogens is 2. The third-order valence-corrected chi connectivity index (χ3v) is 4.36. The quantitative estimate of drug-likeness (QED) is 0.692. The summed E-state index contributed by atoms with van der Waals surface area (Å²) in [7, 11) is 0. The maximum Gasteiger partial charge on any atom is 0.138 e. The van der Waals surface area contributed by atoms with Crippen molar-refractivity contribution in [1.29, 1.82) is 0 Å². The lowest BCUT2D eigenvalue weighted by molar-refractivity contribution is 0.104. The Bertz CT molecular complexity index is 647. The summed E-state index contributed by atoms with van der Waals surface area (Å²) < 4.78 is 5.60. The highest BCUT2D eigenvalue weighted by Crippen LogP contribution is 2.25. The lowest BCUT2D eigenvalue weighted by Crippen LogP contribution is -2.33. The van der Waals surface area contributed by atoms with Gasteiger partial charge in [-0.2, -0.15) is 0 Å². The molecule has 138 valence electrons. The van der Waals surface area contributed by atoms with Crippen LogP contribution in [0.2, 0.25) is 5.02 Å². The Kier molecular flexibility index (Phi) is 9.30. The zero-order chi connectivity index (χ0) is 17.5. The molecular weight excluding hydrogens is 357 g/mol. The highest BCUT2D eigenvalue weighted by Gasteiger charge is 2.11. The van der Waals surface area contributed by atoms with Crippen molar-refractivity contribution in [1.82, 2.24) is 5.32 Å². The van der Waals surface area contributed by atoms with Crippen LogP contribution in [0.1, 0.15) is 36.6 Å². The lowest BCUT2D eigenvalue weighted by Gasteiger charge is -2.18. The Labute approximate surface area is 161 Å². The standard InChI is InChI=1S/C20H26ClNO2.ClH/c1-4-16-6-8-17(9-7-16)15(3)22-12-18(23)13-24-20-10-5-14(2)11-19(20)21;/h5-11,15,18,22-23H,4,12-13H2,1-3H3;1H. The Hall–Kier alpha value is -1.26. The summed E-state index contributed by atoms with van der Waals surface area (Å²) in [4.78, 5) is 0. The van der Waals surface area contributed by atoms with Gasteiger partial charge in [-0.05, 0) is 49.1 Å². The average molecular weight is 384 g/mol. The molecule has 0 aliphatic heterocycles. The Morgan fingerprint density at radius 3 is 2.44 bits per heavy atom. The van der Waals surface area contributed by atoms with Gasteiger partial charge in [-0.15, -0.1) is 12.4 Å². The molecule has 0 aliphatic rings. The average Bonchev–Trinajstić information content (AvgIpc) is 2.59. The largest absolute Gasteiger partial charge is 0.489 e. The first-order chi connectivity index (χ1) is 11.5. The monoisotopic (exact) mass is 383 g/mol. The van der Waals surface area contributed by atoms with Crippen LogP contribution in [-0.2, 0) is 6.42 Å². The van der Waals surface area contributed by atoms with E-state index in [-0.39, 0.29) is 25.1 Å². The van der Waals surface area contributed by atoms with E-state index in [2.05, 4.69) is 43.4 Å². The summed E-state index contributed by atoms with van der Waals surface area (Å²) in [5, 5.41) is 14.0.